The molecule has 4 heteroatoms. The van der Waals surface area contributed by atoms with Gasteiger partial charge in [-0.3, -0.25) is 9.67 Å². The Morgan fingerprint density at radius 2 is 2.21 bits per heavy atom. The fourth-order valence-electron chi connectivity index (χ4n) is 2.24. The molecule has 0 amide bonds. The average Bonchev–Trinajstić information content (AvgIpc) is 3.18. The van der Waals surface area contributed by atoms with Crippen LogP contribution >= 0.6 is 0 Å². The van der Waals surface area contributed by atoms with Crippen molar-refractivity contribution in [3.8, 4) is 11.1 Å². The van der Waals surface area contributed by atoms with Gasteiger partial charge in [0.05, 0.1) is 5.69 Å². The van der Waals surface area contributed by atoms with Gasteiger partial charge in [0.1, 0.15) is 0 Å². The van der Waals surface area contributed by atoms with Gasteiger partial charge in [-0.15, -0.1) is 0 Å². The summed E-state index contributed by atoms with van der Waals surface area (Å²) in [7, 11) is 0. The van der Waals surface area contributed by atoms with Crippen molar-refractivity contribution >= 4 is 0 Å². The molecule has 0 atom stereocenters. The van der Waals surface area contributed by atoms with E-state index in [-0.39, 0.29) is 0 Å². The standard InChI is InChI=1S/C15H20N4/c1-3-19-10-15(11(2)18-19)13-6-12(7-16-9-13)8-17-14-4-5-14/h6-7,9-10,14,17H,3-5,8H2,1-2H3. The molecular formula is C15H20N4. The van der Waals surface area contributed by atoms with Crippen LogP contribution in [-0.2, 0) is 13.1 Å². The normalized spacial score (nSPS) is 14.8. The van der Waals surface area contributed by atoms with Gasteiger partial charge in [0.25, 0.3) is 0 Å². The van der Waals surface area contributed by atoms with Gasteiger partial charge in [-0.05, 0) is 38.3 Å². The van der Waals surface area contributed by atoms with E-state index in [1.165, 1.54) is 24.0 Å². The third-order valence-corrected chi connectivity index (χ3v) is 3.55. The van der Waals surface area contributed by atoms with E-state index in [0.29, 0.717) is 0 Å². The van der Waals surface area contributed by atoms with Gasteiger partial charge in [-0.2, -0.15) is 5.10 Å². The van der Waals surface area contributed by atoms with E-state index >= 15 is 0 Å². The van der Waals surface area contributed by atoms with Crippen molar-refractivity contribution in [3.63, 3.8) is 0 Å². The zero-order valence-electron chi connectivity index (χ0n) is 11.6. The third kappa shape index (κ3) is 2.84. The van der Waals surface area contributed by atoms with E-state index in [2.05, 4.69) is 41.5 Å². The summed E-state index contributed by atoms with van der Waals surface area (Å²) in [4.78, 5) is 4.36. The first-order valence-corrected chi connectivity index (χ1v) is 6.98. The smallest absolute Gasteiger partial charge is 0.0672 e. The van der Waals surface area contributed by atoms with Crippen LogP contribution in [0, 0.1) is 6.92 Å². The molecule has 1 aliphatic rings. The van der Waals surface area contributed by atoms with Crippen LogP contribution in [0.3, 0.4) is 0 Å². The van der Waals surface area contributed by atoms with Gasteiger partial charge in [0, 0.05) is 48.8 Å². The maximum absolute atomic E-state index is 4.49. The van der Waals surface area contributed by atoms with Crippen molar-refractivity contribution in [3.05, 3.63) is 35.9 Å². The zero-order valence-corrected chi connectivity index (χ0v) is 11.6. The molecule has 0 saturated heterocycles. The number of hydrogen-bond acceptors (Lipinski definition) is 3. The highest BCUT2D eigenvalue weighted by molar-refractivity contribution is 5.64. The Kier molecular flexibility index (Phi) is 3.34. The van der Waals surface area contributed by atoms with Crippen LogP contribution in [0.15, 0.2) is 24.7 Å². The van der Waals surface area contributed by atoms with Crippen LogP contribution in [0.25, 0.3) is 11.1 Å². The molecule has 1 aliphatic carbocycles. The van der Waals surface area contributed by atoms with Crippen LogP contribution < -0.4 is 5.32 Å². The molecule has 1 saturated carbocycles. The van der Waals surface area contributed by atoms with Gasteiger partial charge >= 0.3 is 0 Å². The Morgan fingerprint density at radius 1 is 1.37 bits per heavy atom. The summed E-state index contributed by atoms with van der Waals surface area (Å²) in [5, 5.41) is 8.01. The van der Waals surface area contributed by atoms with Crippen LogP contribution in [0.2, 0.25) is 0 Å². The second kappa shape index (κ2) is 5.13. The molecule has 0 bridgehead atoms. The molecule has 1 fully saturated rings. The van der Waals surface area contributed by atoms with E-state index in [1.54, 1.807) is 0 Å². The summed E-state index contributed by atoms with van der Waals surface area (Å²) in [6.45, 7) is 5.96. The predicted octanol–water partition coefficient (Wildman–Crippen LogP) is 2.53. The van der Waals surface area contributed by atoms with Crippen molar-refractivity contribution in [2.45, 2.75) is 45.8 Å². The van der Waals surface area contributed by atoms with Crippen LogP contribution in [0.1, 0.15) is 31.0 Å². The second-order valence-corrected chi connectivity index (χ2v) is 5.22. The monoisotopic (exact) mass is 256 g/mol. The number of hydrogen-bond donors (Lipinski definition) is 1. The molecule has 3 rings (SSSR count). The molecule has 0 aromatic carbocycles. The number of aromatic nitrogens is 3. The lowest BCUT2D eigenvalue weighted by Crippen LogP contribution is -2.15. The number of nitrogens with one attached hydrogen (secondary N) is 1. The first kappa shape index (κ1) is 12.4. The van der Waals surface area contributed by atoms with Crippen LogP contribution in [-0.4, -0.2) is 20.8 Å². The fourth-order valence-corrected chi connectivity index (χ4v) is 2.24. The van der Waals surface area contributed by atoms with E-state index in [1.807, 2.05) is 17.1 Å². The maximum atomic E-state index is 4.49. The molecule has 0 radical (unpaired) electrons. The predicted molar refractivity (Wildman–Crippen MR) is 75.7 cm³/mol. The number of aryl methyl sites for hydroxylation is 2. The van der Waals surface area contributed by atoms with Crippen molar-refractivity contribution in [2.75, 3.05) is 0 Å². The molecule has 0 aliphatic heterocycles. The number of pyridine rings is 1. The largest absolute Gasteiger partial charge is 0.310 e. The molecule has 0 spiro atoms. The SMILES string of the molecule is CCn1cc(-c2cncc(CNC3CC3)c2)c(C)n1. The average molecular weight is 256 g/mol. The lowest BCUT2D eigenvalue weighted by molar-refractivity contribution is 0.653. The highest BCUT2D eigenvalue weighted by Gasteiger charge is 2.20. The van der Waals surface area contributed by atoms with Crippen molar-refractivity contribution in [2.24, 2.45) is 0 Å². The summed E-state index contributed by atoms with van der Waals surface area (Å²) >= 11 is 0. The molecule has 1 N–H and O–H groups in total. The number of rotatable bonds is 5. The van der Waals surface area contributed by atoms with E-state index in [4.69, 9.17) is 0 Å². The van der Waals surface area contributed by atoms with Gasteiger partial charge in [-0.1, -0.05) is 0 Å². The molecule has 4 nitrogen and oxygen atoms in total. The quantitative estimate of drug-likeness (QED) is 0.894. The topological polar surface area (TPSA) is 42.7 Å². The Hall–Kier alpha value is -1.68. The Balaban J connectivity index is 1.82. The summed E-state index contributed by atoms with van der Waals surface area (Å²) in [5.41, 5.74) is 4.65. The Morgan fingerprint density at radius 3 is 2.89 bits per heavy atom. The Labute approximate surface area is 113 Å². The second-order valence-electron chi connectivity index (χ2n) is 5.22. The van der Waals surface area contributed by atoms with Crippen LogP contribution in [0.5, 0.6) is 0 Å². The van der Waals surface area contributed by atoms with Crippen molar-refractivity contribution in [1.82, 2.24) is 20.1 Å². The molecule has 100 valence electrons. The highest BCUT2D eigenvalue weighted by atomic mass is 15.3. The molecule has 19 heavy (non-hydrogen) atoms. The van der Waals surface area contributed by atoms with Crippen molar-refractivity contribution in [1.29, 1.82) is 0 Å². The highest BCUT2D eigenvalue weighted by Crippen LogP contribution is 2.23. The minimum absolute atomic E-state index is 0.730. The van der Waals surface area contributed by atoms with E-state index in [0.717, 1.165) is 30.4 Å². The van der Waals surface area contributed by atoms with Gasteiger partial charge < -0.3 is 5.32 Å². The third-order valence-electron chi connectivity index (χ3n) is 3.55. The molecular weight excluding hydrogens is 236 g/mol. The summed E-state index contributed by atoms with van der Waals surface area (Å²) in [6, 6.07) is 2.94. The molecule has 2 aromatic rings. The summed E-state index contributed by atoms with van der Waals surface area (Å²) in [5.74, 6) is 0. The van der Waals surface area contributed by atoms with Crippen molar-refractivity contribution < 1.29 is 0 Å². The van der Waals surface area contributed by atoms with Gasteiger partial charge in [-0.25, -0.2) is 0 Å². The number of nitrogens with zero attached hydrogens (tertiary/aromatic N) is 3. The van der Waals surface area contributed by atoms with Gasteiger partial charge in [0.15, 0.2) is 0 Å². The summed E-state index contributed by atoms with van der Waals surface area (Å²) in [6.07, 6.45) is 8.60. The molecule has 2 aromatic heterocycles. The van der Waals surface area contributed by atoms with E-state index < -0.39 is 0 Å². The fraction of sp³-hybridized carbons (Fsp3) is 0.467. The lowest BCUT2D eigenvalue weighted by Gasteiger charge is -2.05. The maximum Gasteiger partial charge on any atom is 0.0672 e. The van der Waals surface area contributed by atoms with Gasteiger partial charge in [0.2, 0.25) is 0 Å². The minimum Gasteiger partial charge on any atom is -0.310 e. The molecule has 0 unspecified atom stereocenters. The van der Waals surface area contributed by atoms with E-state index in [9.17, 15) is 0 Å². The minimum atomic E-state index is 0.730. The zero-order chi connectivity index (χ0) is 13.2. The first-order valence-electron chi connectivity index (χ1n) is 6.98. The van der Waals surface area contributed by atoms with Crippen LogP contribution in [0.4, 0.5) is 0 Å². The molecule has 2 heterocycles. The Bertz CT molecular complexity index is 569. The lowest BCUT2D eigenvalue weighted by atomic mass is 10.1. The summed E-state index contributed by atoms with van der Waals surface area (Å²) < 4.78 is 1.97. The first-order chi connectivity index (χ1) is 9.26.